The highest BCUT2D eigenvalue weighted by atomic mass is 16.2. The summed E-state index contributed by atoms with van der Waals surface area (Å²) in [7, 11) is 1.84. The van der Waals surface area contributed by atoms with E-state index in [4.69, 9.17) is 0 Å². The number of nitrogens with one attached hydrogen (secondary N) is 1. The Balaban J connectivity index is 2.06. The minimum Gasteiger partial charge on any atom is -0.382 e. The second-order valence-electron chi connectivity index (χ2n) is 5.16. The number of hydrogen-bond acceptors (Lipinski definition) is 2. The van der Waals surface area contributed by atoms with Crippen LogP contribution in [0.3, 0.4) is 0 Å². The molecule has 0 atom stereocenters. The lowest BCUT2D eigenvalue weighted by atomic mass is 10.1. The molecule has 1 N–H and O–H groups in total. The fraction of sp³-hybridized carbons (Fsp3) is 0.533. The Morgan fingerprint density at radius 1 is 1.33 bits per heavy atom. The largest absolute Gasteiger partial charge is 0.382 e. The van der Waals surface area contributed by atoms with Gasteiger partial charge in [0.05, 0.1) is 0 Å². The summed E-state index contributed by atoms with van der Waals surface area (Å²) in [5.74, 6) is 0.102. The molecule has 98 valence electrons. The van der Waals surface area contributed by atoms with E-state index in [1.54, 1.807) is 11.8 Å². The van der Waals surface area contributed by atoms with Crippen molar-refractivity contribution in [2.75, 3.05) is 12.4 Å². The lowest BCUT2D eigenvalue weighted by molar-refractivity contribution is -0.128. The van der Waals surface area contributed by atoms with Gasteiger partial charge in [0.2, 0.25) is 5.91 Å². The third kappa shape index (κ3) is 3.25. The first-order valence-corrected chi connectivity index (χ1v) is 6.73. The van der Waals surface area contributed by atoms with Gasteiger partial charge in [0.1, 0.15) is 0 Å². The number of benzene rings is 1. The normalized spacial score (nSPS) is 15.7. The summed E-state index contributed by atoms with van der Waals surface area (Å²) in [6.45, 7) is 2.28. The maximum Gasteiger partial charge on any atom is 0.219 e. The minimum atomic E-state index is 0.102. The fourth-order valence-electron chi connectivity index (χ4n) is 2.46. The fourth-order valence-corrected chi connectivity index (χ4v) is 2.46. The number of rotatable bonds is 4. The van der Waals surface area contributed by atoms with Crippen molar-refractivity contribution < 1.29 is 4.79 Å². The van der Waals surface area contributed by atoms with E-state index in [2.05, 4.69) is 23.5 Å². The quantitative estimate of drug-likeness (QED) is 0.885. The molecule has 0 bridgehead atoms. The van der Waals surface area contributed by atoms with Crippen molar-refractivity contribution in [2.24, 2.45) is 0 Å². The molecule has 1 aliphatic carbocycles. The van der Waals surface area contributed by atoms with Crippen LogP contribution < -0.4 is 5.32 Å². The summed E-state index contributed by atoms with van der Waals surface area (Å²) in [6, 6.07) is 8.89. The predicted octanol–water partition coefficient (Wildman–Crippen LogP) is 3.02. The van der Waals surface area contributed by atoms with Crippen molar-refractivity contribution in [2.45, 2.75) is 45.2 Å². The Labute approximate surface area is 109 Å². The molecular formula is C15H22N2O. The molecule has 1 aromatic carbocycles. The van der Waals surface area contributed by atoms with E-state index in [1.165, 1.54) is 36.9 Å². The zero-order valence-corrected chi connectivity index (χ0v) is 11.3. The Bertz CT molecular complexity index is 411. The molecule has 0 heterocycles. The zero-order chi connectivity index (χ0) is 13.0. The molecule has 0 saturated heterocycles. The van der Waals surface area contributed by atoms with Crippen molar-refractivity contribution in [1.82, 2.24) is 4.90 Å². The molecular weight excluding hydrogens is 224 g/mol. The van der Waals surface area contributed by atoms with E-state index in [0.29, 0.717) is 12.6 Å². The van der Waals surface area contributed by atoms with Crippen LogP contribution in [0.25, 0.3) is 0 Å². The van der Waals surface area contributed by atoms with E-state index in [9.17, 15) is 4.79 Å². The van der Waals surface area contributed by atoms with Gasteiger partial charge < -0.3 is 10.2 Å². The smallest absolute Gasteiger partial charge is 0.219 e. The van der Waals surface area contributed by atoms with Crippen LogP contribution >= 0.6 is 0 Å². The second-order valence-corrected chi connectivity index (χ2v) is 5.16. The molecule has 1 aliphatic rings. The van der Waals surface area contributed by atoms with Crippen molar-refractivity contribution in [3.05, 3.63) is 29.8 Å². The molecule has 1 fully saturated rings. The number of carbonyl (C=O) groups is 1. The summed E-state index contributed by atoms with van der Waals surface area (Å²) in [5.41, 5.74) is 2.37. The Hall–Kier alpha value is -1.51. The van der Waals surface area contributed by atoms with E-state index in [-0.39, 0.29) is 5.91 Å². The first-order chi connectivity index (χ1) is 8.66. The van der Waals surface area contributed by atoms with Crippen LogP contribution in [0.1, 0.15) is 38.2 Å². The third-order valence-corrected chi connectivity index (χ3v) is 3.68. The van der Waals surface area contributed by atoms with Crippen LogP contribution in [-0.2, 0) is 11.3 Å². The molecule has 0 spiro atoms. The van der Waals surface area contributed by atoms with Gasteiger partial charge in [-0.1, -0.05) is 31.0 Å². The molecule has 18 heavy (non-hydrogen) atoms. The van der Waals surface area contributed by atoms with Crippen LogP contribution in [0.5, 0.6) is 0 Å². The van der Waals surface area contributed by atoms with Crippen molar-refractivity contribution in [1.29, 1.82) is 0 Å². The Morgan fingerprint density at radius 3 is 2.67 bits per heavy atom. The zero-order valence-electron chi connectivity index (χ0n) is 11.3. The van der Waals surface area contributed by atoms with E-state index >= 15 is 0 Å². The maximum atomic E-state index is 11.3. The van der Waals surface area contributed by atoms with Gasteiger partial charge in [-0.3, -0.25) is 4.79 Å². The van der Waals surface area contributed by atoms with Gasteiger partial charge in [0, 0.05) is 32.2 Å². The van der Waals surface area contributed by atoms with Crippen LogP contribution in [0.2, 0.25) is 0 Å². The average molecular weight is 246 g/mol. The standard InChI is InChI=1S/C15H22N2O/c1-12(18)17(2)11-13-7-3-6-10-15(13)16-14-8-4-5-9-14/h3,6-7,10,14,16H,4-5,8-9,11H2,1-2H3. The van der Waals surface area contributed by atoms with Crippen LogP contribution in [-0.4, -0.2) is 23.9 Å². The lowest BCUT2D eigenvalue weighted by Crippen LogP contribution is -2.24. The maximum absolute atomic E-state index is 11.3. The first kappa shape index (κ1) is 12.9. The monoisotopic (exact) mass is 246 g/mol. The summed E-state index contributed by atoms with van der Waals surface area (Å²) in [5, 5.41) is 3.62. The SMILES string of the molecule is CC(=O)N(C)Cc1ccccc1NC1CCCC1. The van der Waals surface area contributed by atoms with Crippen molar-refractivity contribution >= 4 is 11.6 Å². The van der Waals surface area contributed by atoms with Gasteiger partial charge in [-0.25, -0.2) is 0 Å². The number of para-hydroxylation sites is 1. The van der Waals surface area contributed by atoms with Crippen LogP contribution in [0.4, 0.5) is 5.69 Å². The number of amides is 1. The van der Waals surface area contributed by atoms with Gasteiger partial charge in [-0.05, 0) is 24.5 Å². The molecule has 0 radical (unpaired) electrons. The number of hydrogen-bond donors (Lipinski definition) is 1. The molecule has 0 unspecified atom stereocenters. The topological polar surface area (TPSA) is 32.3 Å². The highest BCUT2D eigenvalue weighted by molar-refractivity contribution is 5.73. The Morgan fingerprint density at radius 2 is 2.00 bits per heavy atom. The molecule has 0 aromatic heterocycles. The first-order valence-electron chi connectivity index (χ1n) is 6.73. The van der Waals surface area contributed by atoms with E-state index in [1.807, 2.05) is 13.1 Å². The van der Waals surface area contributed by atoms with Crippen LogP contribution in [0.15, 0.2) is 24.3 Å². The van der Waals surface area contributed by atoms with Gasteiger partial charge in [0.25, 0.3) is 0 Å². The molecule has 3 nitrogen and oxygen atoms in total. The van der Waals surface area contributed by atoms with Gasteiger partial charge in [0.15, 0.2) is 0 Å². The molecule has 1 saturated carbocycles. The van der Waals surface area contributed by atoms with Gasteiger partial charge >= 0.3 is 0 Å². The predicted molar refractivity (Wildman–Crippen MR) is 74.5 cm³/mol. The van der Waals surface area contributed by atoms with Gasteiger partial charge in [-0.2, -0.15) is 0 Å². The number of anilines is 1. The lowest BCUT2D eigenvalue weighted by Gasteiger charge is -2.20. The Kier molecular flexibility index (Phi) is 4.24. The molecule has 2 rings (SSSR count). The van der Waals surface area contributed by atoms with E-state index < -0.39 is 0 Å². The molecule has 1 aromatic rings. The third-order valence-electron chi connectivity index (χ3n) is 3.68. The van der Waals surface area contributed by atoms with Crippen molar-refractivity contribution in [3.63, 3.8) is 0 Å². The summed E-state index contributed by atoms with van der Waals surface area (Å²) < 4.78 is 0. The molecule has 3 heteroatoms. The van der Waals surface area contributed by atoms with Crippen LogP contribution in [0, 0.1) is 0 Å². The summed E-state index contributed by atoms with van der Waals surface area (Å²) in [6.07, 6.45) is 5.17. The molecule has 0 aliphatic heterocycles. The number of nitrogens with zero attached hydrogens (tertiary/aromatic N) is 1. The number of carbonyl (C=O) groups excluding carboxylic acids is 1. The van der Waals surface area contributed by atoms with E-state index in [0.717, 1.165) is 0 Å². The van der Waals surface area contributed by atoms with Crippen molar-refractivity contribution in [3.8, 4) is 0 Å². The molecule has 1 amide bonds. The summed E-state index contributed by atoms with van der Waals surface area (Å²) in [4.78, 5) is 13.1. The minimum absolute atomic E-state index is 0.102. The average Bonchev–Trinajstić information content (AvgIpc) is 2.84. The van der Waals surface area contributed by atoms with Gasteiger partial charge in [-0.15, -0.1) is 0 Å². The second kappa shape index (κ2) is 5.89. The highest BCUT2D eigenvalue weighted by Crippen LogP contribution is 2.24. The summed E-state index contributed by atoms with van der Waals surface area (Å²) >= 11 is 0. The highest BCUT2D eigenvalue weighted by Gasteiger charge is 2.16.